The van der Waals surface area contributed by atoms with Crippen LogP contribution in [0.3, 0.4) is 0 Å². The summed E-state index contributed by atoms with van der Waals surface area (Å²) in [6.07, 6.45) is 7.07. The molecule has 0 bridgehead atoms. The molecule has 1 saturated carbocycles. The molecule has 118 valence electrons. The van der Waals surface area contributed by atoms with E-state index in [1.165, 1.54) is 6.42 Å². The fraction of sp³-hybridized carbons (Fsp3) is 0.312. The highest BCUT2D eigenvalue weighted by atomic mass is 16.3. The molecule has 0 saturated heterocycles. The van der Waals surface area contributed by atoms with Crippen LogP contribution in [0.1, 0.15) is 36.8 Å². The largest absolute Gasteiger partial charge is 0.467 e. The van der Waals surface area contributed by atoms with Crippen LogP contribution in [0, 0.1) is 0 Å². The number of amides is 2. The zero-order valence-corrected chi connectivity index (χ0v) is 12.5. The lowest BCUT2D eigenvalue weighted by molar-refractivity contribution is 0.251. The van der Waals surface area contributed by atoms with Gasteiger partial charge in [-0.25, -0.2) is 4.79 Å². The zero-order chi connectivity index (χ0) is 15.6. The fourth-order valence-electron chi connectivity index (χ4n) is 2.72. The van der Waals surface area contributed by atoms with E-state index in [1.807, 2.05) is 28.8 Å². The molecule has 2 amide bonds. The van der Waals surface area contributed by atoms with Crippen LogP contribution in [0.5, 0.6) is 0 Å². The minimum atomic E-state index is -0.303. The second-order valence-corrected chi connectivity index (χ2v) is 5.69. The predicted molar refractivity (Wildman–Crippen MR) is 84.1 cm³/mol. The first-order valence-corrected chi connectivity index (χ1v) is 7.72. The quantitative estimate of drug-likeness (QED) is 0.776. The van der Waals surface area contributed by atoms with E-state index in [-0.39, 0.29) is 6.03 Å². The molecule has 0 unspecified atom stereocenters. The maximum absolute atomic E-state index is 12.0. The van der Waals surface area contributed by atoms with Gasteiger partial charge < -0.3 is 15.1 Å². The number of fused-ring (bicyclic) bond motifs is 1. The van der Waals surface area contributed by atoms with Gasteiger partial charge in [0.15, 0.2) is 5.65 Å². The number of nitrogens with zero attached hydrogens (tertiary/aromatic N) is 3. The molecular weight excluding hydrogens is 294 g/mol. The third-order valence-electron chi connectivity index (χ3n) is 4.18. The summed E-state index contributed by atoms with van der Waals surface area (Å²) in [4.78, 5) is 12.0. The first kappa shape index (κ1) is 13.8. The van der Waals surface area contributed by atoms with Crippen molar-refractivity contribution < 1.29 is 9.21 Å². The van der Waals surface area contributed by atoms with Crippen molar-refractivity contribution in [3.05, 3.63) is 48.3 Å². The molecule has 0 radical (unpaired) electrons. The first-order valence-electron chi connectivity index (χ1n) is 7.72. The summed E-state index contributed by atoms with van der Waals surface area (Å²) in [5.41, 5.74) is 1.31. The molecular formula is C16H17N5O2. The van der Waals surface area contributed by atoms with Crippen LogP contribution in [0.25, 0.3) is 5.65 Å². The van der Waals surface area contributed by atoms with Crippen LogP contribution in [0.4, 0.5) is 10.5 Å². The molecule has 0 aliphatic heterocycles. The third-order valence-corrected chi connectivity index (χ3v) is 4.18. The van der Waals surface area contributed by atoms with Crippen LogP contribution in [-0.4, -0.2) is 20.6 Å². The molecule has 0 spiro atoms. The molecule has 1 aliphatic carbocycles. The zero-order valence-electron chi connectivity index (χ0n) is 12.5. The number of hydrogen-bond donors (Lipinski definition) is 2. The Morgan fingerprint density at radius 1 is 1.30 bits per heavy atom. The van der Waals surface area contributed by atoms with Crippen molar-refractivity contribution >= 4 is 17.4 Å². The number of hydrogen-bond acceptors (Lipinski definition) is 4. The summed E-state index contributed by atoms with van der Waals surface area (Å²) in [5, 5.41) is 14.1. The van der Waals surface area contributed by atoms with Crippen molar-refractivity contribution in [3.63, 3.8) is 0 Å². The van der Waals surface area contributed by atoms with E-state index >= 15 is 0 Å². The van der Waals surface area contributed by atoms with Crippen molar-refractivity contribution in [2.45, 2.75) is 31.7 Å². The monoisotopic (exact) mass is 311 g/mol. The van der Waals surface area contributed by atoms with Crippen molar-refractivity contribution in [2.24, 2.45) is 0 Å². The number of urea groups is 1. The molecule has 1 aliphatic rings. The molecule has 4 rings (SSSR count). The SMILES string of the molecule is O=C(NCc1ccco1)Nc1cccn2c(C3CCC3)nnc12. The average molecular weight is 311 g/mol. The van der Waals surface area contributed by atoms with E-state index in [2.05, 4.69) is 20.8 Å². The van der Waals surface area contributed by atoms with E-state index < -0.39 is 0 Å². The van der Waals surface area contributed by atoms with Crippen LogP contribution in [0.2, 0.25) is 0 Å². The number of carbonyl (C=O) groups excluding carboxylic acids is 1. The average Bonchev–Trinajstić information content (AvgIpc) is 3.14. The number of nitrogens with one attached hydrogen (secondary N) is 2. The Morgan fingerprint density at radius 3 is 2.96 bits per heavy atom. The van der Waals surface area contributed by atoms with Gasteiger partial charge in [0.25, 0.3) is 0 Å². The predicted octanol–water partition coefficient (Wildman–Crippen LogP) is 2.91. The number of aromatic nitrogens is 3. The van der Waals surface area contributed by atoms with Gasteiger partial charge in [-0.3, -0.25) is 4.40 Å². The van der Waals surface area contributed by atoms with E-state index in [9.17, 15) is 4.79 Å². The topological polar surface area (TPSA) is 84.5 Å². The van der Waals surface area contributed by atoms with Crippen LogP contribution in [0.15, 0.2) is 41.1 Å². The van der Waals surface area contributed by atoms with E-state index in [0.29, 0.717) is 29.6 Å². The van der Waals surface area contributed by atoms with Crippen LogP contribution in [-0.2, 0) is 6.54 Å². The number of carbonyl (C=O) groups is 1. The van der Waals surface area contributed by atoms with Gasteiger partial charge in [-0.05, 0) is 37.1 Å². The third kappa shape index (κ3) is 2.65. The second kappa shape index (κ2) is 5.75. The second-order valence-electron chi connectivity index (χ2n) is 5.69. The maximum Gasteiger partial charge on any atom is 0.319 e. The number of rotatable bonds is 4. The van der Waals surface area contributed by atoms with Crippen LogP contribution < -0.4 is 10.6 Å². The standard InChI is InChI=1S/C16H17N5O2/c22-16(17-10-12-6-3-9-23-12)18-13-7-2-8-21-14(11-4-1-5-11)19-20-15(13)21/h2-3,6-9,11H,1,4-5,10H2,(H2,17,18,22). The van der Waals surface area contributed by atoms with Crippen molar-refractivity contribution in [1.29, 1.82) is 0 Å². The number of pyridine rings is 1. The van der Waals surface area contributed by atoms with Gasteiger partial charge in [-0.2, -0.15) is 0 Å². The van der Waals surface area contributed by atoms with Gasteiger partial charge in [0.05, 0.1) is 18.5 Å². The molecule has 7 nitrogen and oxygen atoms in total. The number of anilines is 1. The minimum Gasteiger partial charge on any atom is -0.467 e. The van der Waals surface area contributed by atoms with Gasteiger partial charge >= 0.3 is 6.03 Å². The Bertz CT molecular complexity index is 820. The fourth-order valence-corrected chi connectivity index (χ4v) is 2.72. The summed E-state index contributed by atoms with van der Waals surface area (Å²) in [6.45, 7) is 0.335. The summed E-state index contributed by atoms with van der Waals surface area (Å²) in [6, 6.07) is 7.00. The van der Waals surface area contributed by atoms with Gasteiger partial charge in [-0.1, -0.05) is 6.42 Å². The molecule has 3 aromatic heterocycles. The summed E-state index contributed by atoms with van der Waals surface area (Å²) in [5.74, 6) is 2.16. The smallest absolute Gasteiger partial charge is 0.319 e. The molecule has 1 fully saturated rings. The van der Waals surface area contributed by atoms with Gasteiger partial charge in [0.2, 0.25) is 0 Å². The van der Waals surface area contributed by atoms with Gasteiger partial charge in [-0.15, -0.1) is 10.2 Å². The summed E-state index contributed by atoms with van der Waals surface area (Å²) >= 11 is 0. The molecule has 23 heavy (non-hydrogen) atoms. The highest BCUT2D eigenvalue weighted by Gasteiger charge is 2.25. The first-order chi connectivity index (χ1) is 11.3. The Kier molecular flexibility index (Phi) is 3.45. The van der Waals surface area contributed by atoms with E-state index in [0.717, 1.165) is 18.7 Å². The van der Waals surface area contributed by atoms with Gasteiger partial charge in [0, 0.05) is 12.1 Å². The summed E-state index contributed by atoms with van der Waals surface area (Å²) in [7, 11) is 0. The summed E-state index contributed by atoms with van der Waals surface area (Å²) < 4.78 is 7.15. The van der Waals surface area contributed by atoms with Crippen molar-refractivity contribution in [3.8, 4) is 0 Å². The molecule has 2 N–H and O–H groups in total. The van der Waals surface area contributed by atoms with Crippen molar-refractivity contribution in [2.75, 3.05) is 5.32 Å². The Balaban J connectivity index is 1.50. The Hall–Kier alpha value is -2.83. The normalized spacial score (nSPS) is 14.6. The molecule has 7 heteroatoms. The molecule has 3 heterocycles. The van der Waals surface area contributed by atoms with E-state index in [1.54, 1.807) is 12.3 Å². The highest BCUT2D eigenvalue weighted by molar-refractivity contribution is 5.92. The van der Waals surface area contributed by atoms with E-state index in [4.69, 9.17) is 4.42 Å². The lowest BCUT2D eigenvalue weighted by Crippen LogP contribution is -2.28. The Morgan fingerprint density at radius 2 is 2.22 bits per heavy atom. The maximum atomic E-state index is 12.0. The Labute approximate surface area is 132 Å². The lowest BCUT2D eigenvalue weighted by Gasteiger charge is -2.23. The molecule has 3 aromatic rings. The lowest BCUT2D eigenvalue weighted by atomic mass is 9.85. The van der Waals surface area contributed by atoms with Crippen molar-refractivity contribution in [1.82, 2.24) is 19.9 Å². The highest BCUT2D eigenvalue weighted by Crippen LogP contribution is 2.35. The van der Waals surface area contributed by atoms with Crippen LogP contribution >= 0.6 is 0 Å². The minimum absolute atomic E-state index is 0.303. The van der Waals surface area contributed by atoms with Gasteiger partial charge in [0.1, 0.15) is 11.6 Å². The molecule has 0 aromatic carbocycles. The molecule has 0 atom stereocenters. The number of furan rings is 1.